The van der Waals surface area contributed by atoms with Gasteiger partial charge in [0.25, 0.3) is 5.91 Å². The standard InChI is InChI=1S/C16H13NO5/c18-13-7-3-1-5-11(13)17(15(20)9-10-16(21)22)12-6-2-4-8-14(12)19/h1-10,18-19H,(H,21,22)/b10-9+. The number of carboxylic acid groups (broad SMARTS) is 1. The van der Waals surface area contributed by atoms with E-state index in [9.17, 15) is 19.8 Å². The Bertz CT molecular complexity index is 693. The van der Waals surface area contributed by atoms with Gasteiger partial charge in [-0.25, -0.2) is 4.79 Å². The third kappa shape index (κ3) is 3.24. The van der Waals surface area contributed by atoms with Gasteiger partial charge in [-0.3, -0.25) is 9.69 Å². The van der Waals surface area contributed by atoms with Crippen LogP contribution in [0.2, 0.25) is 0 Å². The highest BCUT2D eigenvalue weighted by molar-refractivity contribution is 6.10. The van der Waals surface area contributed by atoms with Crippen LogP contribution in [0.3, 0.4) is 0 Å². The molecule has 0 fully saturated rings. The third-order valence-electron chi connectivity index (χ3n) is 2.83. The zero-order chi connectivity index (χ0) is 16.1. The van der Waals surface area contributed by atoms with E-state index in [4.69, 9.17) is 5.11 Å². The minimum absolute atomic E-state index is 0.129. The molecule has 3 N–H and O–H groups in total. The van der Waals surface area contributed by atoms with Gasteiger partial charge in [0.1, 0.15) is 11.5 Å². The number of carbonyl (C=O) groups is 2. The molecule has 1 amide bonds. The van der Waals surface area contributed by atoms with Gasteiger partial charge in [-0.1, -0.05) is 24.3 Å². The van der Waals surface area contributed by atoms with E-state index in [2.05, 4.69) is 0 Å². The van der Waals surface area contributed by atoms with Crippen molar-refractivity contribution in [2.45, 2.75) is 0 Å². The molecule has 0 aliphatic carbocycles. The Morgan fingerprint density at radius 2 is 1.27 bits per heavy atom. The number of aromatic hydroxyl groups is 2. The van der Waals surface area contributed by atoms with E-state index in [1.165, 1.54) is 24.3 Å². The molecular formula is C16H13NO5. The summed E-state index contributed by atoms with van der Waals surface area (Å²) in [6.07, 6.45) is 1.54. The number of benzene rings is 2. The maximum absolute atomic E-state index is 12.3. The number of anilines is 2. The summed E-state index contributed by atoms with van der Waals surface area (Å²) in [6.45, 7) is 0. The number of hydrogen-bond acceptors (Lipinski definition) is 4. The topological polar surface area (TPSA) is 98.1 Å². The molecule has 0 aromatic heterocycles. The van der Waals surface area contributed by atoms with Crippen molar-refractivity contribution in [3.8, 4) is 11.5 Å². The van der Waals surface area contributed by atoms with Crippen LogP contribution < -0.4 is 4.90 Å². The van der Waals surface area contributed by atoms with Crippen LogP contribution >= 0.6 is 0 Å². The zero-order valence-electron chi connectivity index (χ0n) is 11.4. The number of hydrogen-bond donors (Lipinski definition) is 3. The van der Waals surface area contributed by atoms with Crippen LogP contribution in [0.1, 0.15) is 0 Å². The van der Waals surface area contributed by atoms with E-state index < -0.39 is 11.9 Å². The number of phenols is 2. The van der Waals surface area contributed by atoms with Gasteiger partial charge in [0.15, 0.2) is 0 Å². The Balaban J connectivity index is 2.55. The van der Waals surface area contributed by atoms with E-state index in [0.717, 1.165) is 11.0 Å². The maximum atomic E-state index is 12.3. The fourth-order valence-corrected chi connectivity index (χ4v) is 1.89. The first kappa shape index (κ1) is 15.1. The first-order chi connectivity index (χ1) is 10.5. The second-order valence-electron chi connectivity index (χ2n) is 4.32. The normalized spacial score (nSPS) is 10.5. The van der Waals surface area contributed by atoms with Gasteiger partial charge in [0, 0.05) is 12.2 Å². The number of carbonyl (C=O) groups excluding carboxylic acids is 1. The number of nitrogens with zero attached hydrogens (tertiary/aromatic N) is 1. The van der Waals surface area contributed by atoms with Crippen molar-refractivity contribution in [2.75, 3.05) is 4.90 Å². The fraction of sp³-hybridized carbons (Fsp3) is 0. The lowest BCUT2D eigenvalue weighted by Gasteiger charge is -2.23. The molecule has 2 aromatic carbocycles. The van der Waals surface area contributed by atoms with Crippen molar-refractivity contribution in [3.05, 3.63) is 60.7 Å². The molecule has 0 saturated carbocycles. The Morgan fingerprint density at radius 3 is 1.68 bits per heavy atom. The van der Waals surface area contributed by atoms with Crippen molar-refractivity contribution < 1.29 is 24.9 Å². The molecule has 0 unspecified atom stereocenters. The molecule has 0 bridgehead atoms. The summed E-state index contributed by atoms with van der Waals surface area (Å²) in [4.78, 5) is 23.9. The lowest BCUT2D eigenvalue weighted by molar-refractivity contribution is -0.131. The smallest absolute Gasteiger partial charge is 0.328 e. The molecule has 0 radical (unpaired) electrons. The number of aliphatic carboxylic acids is 1. The number of para-hydroxylation sites is 4. The molecule has 22 heavy (non-hydrogen) atoms. The second-order valence-corrected chi connectivity index (χ2v) is 4.32. The van der Waals surface area contributed by atoms with Gasteiger partial charge in [-0.05, 0) is 24.3 Å². The van der Waals surface area contributed by atoms with Gasteiger partial charge in [0.2, 0.25) is 0 Å². The average molecular weight is 299 g/mol. The van der Waals surface area contributed by atoms with Crippen LogP contribution in [0.5, 0.6) is 11.5 Å². The molecule has 112 valence electrons. The molecule has 0 spiro atoms. The summed E-state index contributed by atoms with van der Waals surface area (Å²) < 4.78 is 0. The molecule has 2 rings (SSSR count). The fourth-order valence-electron chi connectivity index (χ4n) is 1.89. The minimum Gasteiger partial charge on any atom is -0.506 e. The van der Waals surface area contributed by atoms with E-state index in [0.29, 0.717) is 6.08 Å². The molecule has 6 nitrogen and oxygen atoms in total. The molecule has 0 atom stereocenters. The second kappa shape index (κ2) is 6.45. The lowest BCUT2D eigenvalue weighted by atomic mass is 10.2. The Kier molecular flexibility index (Phi) is 4.43. The monoisotopic (exact) mass is 299 g/mol. The molecule has 6 heteroatoms. The van der Waals surface area contributed by atoms with Crippen LogP contribution in [0.15, 0.2) is 60.7 Å². The van der Waals surface area contributed by atoms with E-state index >= 15 is 0 Å². The molecular weight excluding hydrogens is 286 g/mol. The van der Waals surface area contributed by atoms with Crippen molar-refractivity contribution in [1.82, 2.24) is 0 Å². The summed E-state index contributed by atoms with van der Waals surface area (Å²) >= 11 is 0. The number of amides is 1. The molecule has 0 heterocycles. The van der Waals surface area contributed by atoms with Crippen LogP contribution in [0.4, 0.5) is 11.4 Å². The average Bonchev–Trinajstić information content (AvgIpc) is 2.49. The van der Waals surface area contributed by atoms with Crippen LogP contribution in [-0.4, -0.2) is 27.2 Å². The van der Waals surface area contributed by atoms with Gasteiger partial charge >= 0.3 is 5.97 Å². The molecule has 0 aliphatic rings. The number of rotatable bonds is 4. The Hall–Kier alpha value is -3.28. The number of carboxylic acids is 1. The first-order valence-electron chi connectivity index (χ1n) is 6.32. The van der Waals surface area contributed by atoms with Crippen molar-refractivity contribution in [1.29, 1.82) is 0 Å². The largest absolute Gasteiger partial charge is 0.506 e. The molecule has 2 aromatic rings. The number of phenolic OH excluding ortho intramolecular Hbond substituents is 2. The zero-order valence-corrected chi connectivity index (χ0v) is 11.4. The van der Waals surface area contributed by atoms with Crippen LogP contribution in [0, 0.1) is 0 Å². The molecule has 0 aliphatic heterocycles. The van der Waals surface area contributed by atoms with Crippen LogP contribution in [0.25, 0.3) is 0 Å². The predicted octanol–water partition coefficient (Wildman–Crippen LogP) is 2.40. The van der Waals surface area contributed by atoms with Crippen molar-refractivity contribution >= 4 is 23.3 Å². The Labute approximate surface area is 126 Å². The van der Waals surface area contributed by atoms with Crippen molar-refractivity contribution in [2.24, 2.45) is 0 Å². The molecule has 0 saturated heterocycles. The van der Waals surface area contributed by atoms with Gasteiger partial charge in [0.05, 0.1) is 11.4 Å². The highest BCUT2D eigenvalue weighted by atomic mass is 16.4. The SMILES string of the molecule is O=C(O)/C=C/C(=O)N(c1ccccc1O)c1ccccc1O. The van der Waals surface area contributed by atoms with Crippen LogP contribution in [-0.2, 0) is 9.59 Å². The summed E-state index contributed by atoms with van der Waals surface area (Å²) in [5.74, 6) is -2.35. The summed E-state index contributed by atoms with van der Waals surface area (Å²) in [5.41, 5.74) is 0.257. The minimum atomic E-state index is -1.28. The maximum Gasteiger partial charge on any atom is 0.328 e. The lowest BCUT2D eigenvalue weighted by Crippen LogP contribution is -2.24. The summed E-state index contributed by atoms with van der Waals surface area (Å²) in [7, 11) is 0. The highest BCUT2D eigenvalue weighted by Gasteiger charge is 2.21. The third-order valence-corrected chi connectivity index (χ3v) is 2.83. The summed E-state index contributed by atoms with van der Waals surface area (Å²) in [6, 6.07) is 12.1. The van der Waals surface area contributed by atoms with Gasteiger partial charge in [-0.15, -0.1) is 0 Å². The van der Waals surface area contributed by atoms with E-state index in [1.54, 1.807) is 24.3 Å². The van der Waals surface area contributed by atoms with Gasteiger partial charge < -0.3 is 15.3 Å². The summed E-state index contributed by atoms with van der Waals surface area (Å²) in [5, 5.41) is 28.5. The van der Waals surface area contributed by atoms with Gasteiger partial charge in [-0.2, -0.15) is 0 Å². The van der Waals surface area contributed by atoms with E-state index in [1.807, 2.05) is 0 Å². The Morgan fingerprint density at radius 1 is 0.818 bits per heavy atom. The van der Waals surface area contributed by atoms with Crippen molar-refractivity contribution in [3.63, 3.8) is 0 Å². The van der Waals surface area contributed by atoms with E-state index in [-0.39, 0.29) is 22.9 Å². The quantitative estimate of drug-likeness (QED) is 0.753. The highest BCUT2D eigenvalue weighted by Crippen LogP contribution is 2.37. The first-order valence-corrected chi connectivity index (χ1v) is 6.32. The predicted molar refractivity (Wildman–Crippen MR) is 80.1 cm³/mol.